The number of halogens is 1. The molecule has 0 amide bonds. The van der Waals surface area contributed by atoms with Gasteiger partial charge in [-0.15, -0.1) is 0 Å². The second-order valence-corrected chi connectivity index (χ2v) is 11.6. The Hall–Kier alpha value is -3.33. The molecule has 1 fully saturated rings. The van der Waals surface area contributed by atoms with Crippen LogP contribution in [0.1, 0.15) is 68.4 Å². The van der Waals surface area contributed by atoms with Crippen molar-refractivity contribution in [2.75, 3.05) is 28.4 Å². The number of hydrogen-bond donors (Lipinski definition) is 0. The molecule has 0 spiro atoms. The van der Waals surface area contributed by atoms with Gasteiger partial charge in [-0.05, 0) is 96.3 Å². The van der Waals surface area contributed by atoms with Crippen LogP contribution in [0.4, 0.5) is 0 Å². The number of Topliss-reactive ketones (excluding diaryl/α,β-unsaturated/α-hetero) is 1. The van der Waals surface area contributed by atoms with Gasteiger partial charge in [-0.2, -0.15) is 0 Å². The average molecular weight is 627 g/mol. The largest absolute Gasteiger partial charge is 0.493 e. The maximum atomic E-state index is 14.1. The summed E-state index contributed by atoms with van der Waals surface area (Å²) in [6.07, 6.45) is 4.57. The van der Waals surface area contributed by atoms with Gasteiger partial charge >= 0.3 is 5.97 Å². The molecule has 3 aliphatic rings. The van der Waals surface area contributed by atoms with E-state index in [0.717, 1.165) is 36.8 Å². The Balaban J connectivity index is 1.59. The van der Waals surface area contributed by atoms with Crippen molar-refractivity contribution in [2.24, 2.45) is 10.9 Å². The van der Waals surface area contributed by atoms with Crippen LogP contribution in [-0.4, -0.2) is 52.0 Å². The molecule has 0 aromatic heterocycles. The van der Waals surface area contributed by atoms with Gasteiger partial charge in [0.15, 0.2) is 28.8 Å². The van der Waals surface area contributed by atoms with Gasteiger partial charge in [0.2, 0.25) is 0 Å². The fourth-order valence-electron chi connectivity index (χ4n) is 6.43. The number of ketones is 1. The van der Waals surface area contributed by atoms with Crippen LogP contribution in [-0.2, 0) is 14.3 Å². The number of carbonyl (C=O) groups is 2. The molecule has 2 aliphatic carbocycles. The van der Waals surface area contributed by atoms with E-state index in [0.29, 0.717) is 50.9 Å². The average Bonchev–Trinajstić information content (AvgIpc) is 3.48. The Kier molecular flexibility index (Phi) is 8.73. The van der Waals surface area contributed by atoms with Gasteiger partial charge in [-0.3, -0.25) is 14.6 Å². The summed E-state index contributed by atoms with van der Waals surface area (Å²) in [7, 11) is 6.33. The topological polar surface area (TPSA) is 92.7 Å². The van der Waals surface area contributed by atoms with Gasteiger partial charge < -0.3 is 23.7 Å². The van der Waals surface area contributed by atoms with Crippen LogP contribution in [0.25, 0.3) is 0 Å². The quantitative estimate of drug-likeness (QED) is 0.307. The second-order valence-electron chi connectivity index (χ2n) is 10.8. The first kappa shape index (κ1) is 29.2. The molecule has 0 saturated heterocycles. The van der Waals surface area contributed by atoms with E-state index >= 15 is 0 Å². The fourth-order valence-corrected chi connectivity index (χ4v) is 7.05. The summed E-state index contributed by atoms with van der Waals surface area (Å²) in [5.41, 5.74) is 3.66. The number of aliphatic imine (C=N–C) groups is 1. The summed E-state index contributed by atoms with van der Waals surface area (Å²) >= 11 is 3.60. The molecule has 3 atom stereocenters. The van der Waals surface area contributed by atoms with Crippen molar-refractivity contribution in [1.29, 1.82) is 0 Å². The zero-order valence-electron chi connectivity index (χ0n) is 24.1. The van der Waals surface area contributed by atoms with E-state index in [4.69, 9.17) is 28.7 Å². The maximum Gasteiger partial charge on any atom is 0.315 e. The summed E-state index contributed by atoms with van der Waals surface area (Å²) < 4.78 is 28.8. The summed E-state index contributed by atoms with van der Waals surface area (Å²) in [4.78, 5) is 32.7. The Labute approximate surface area is 249 Å². The van der Waals surface area contributed by atoms with Gasteiger partial charge in [-0.25, -0.2) is 0 Å². The SMILES string of the molecule is COc1ccc([C@@H]2CC(=O)C3=C(C2)N=C(C)C(C(=O)OC2CCCC2)[C@@H]3c2cc(Br)c(OC)c(OC)c2)cc1OC. The molecule has 1 heterocycles. The highest BCUT2D eigenvalue weighted by molar-refractivity contribution is 9.10. The maximum absolute atomic E-state index is 14.1. The molecule has 41 heavy (non-hydrogen) atoms. The minimum absolute atomic E-state index is 0.0307. The molecule has 0 bridgehead atoms. The Bertz CT molecular complexity index is 1410. The zero-order valence-corrected chi connectivity index (χ0v) is 25.7. The Morgan fingerprint density at radius 2 is 1.56 bits per heavy atom. The molecule has 5 rings (SSSR count). The Morgan fingerprint density at radius 3 is 2.22 bits per heavy atom. The van der Waals surface area contributed by atoms with E-state index in [9.17, 15) is 9.59 Å². The third-order valence-electron chi connectivity index (χ3n) is 8.42. The lowest BCUT2D eigenvalue weighted by Gasteiger charge is -2.37. The van der Waals surface area contributed by atoms with Crippen LogP contribution in [0.5, 0.6) is 23.0 Å². The minimum Gasteiger partial charge on any atom is -0.493 e. The van der Waals surface area contributed by atoms with Crippen molar-refractivity contribution in [3.8, 4) is 23.0 Å². The highest BCUT2D eigenvalue weighted by atomic mass is 79.9. The molecule has 0 N–H and O–H groups in total. The van der Waals surface area contributed by atoms with E-state index in [1.807, 2.05) is 37.3 Å². The number of carbonyl (C=O) groups excluding carboxylic acids is 2. The molecule has 1 unspecified atom stereocenters. The zero-order chi connectivity index (χ0) is 29.3. The molecule has 9 heteroatoms. The molecule has 8 nitrogen and oxygen atoms in total. The monoisotopic (exact) mass is 625 g/mol. The highest BCUT2D eigenvalue weighted by Crippen LogP contribution is 2.50. The number of esters is 1. The normalized spacial score (nSPS) is 22.6. The summed E-state index contributed by atoms with van der Waals surface area (Å²) in [6, 6.07) is 9.50. The third kappa shape index (κ3) is 5.61. The van der Waals surface area contributed by atoms with Crippen LogP contribution in [0.2, 0.25) is 0 Å². The fraction of sp³-hybridized carbons (Fsp3) is 0.469. The summed E-state index contributed by atoms with van der Waals surface area (Å²) in [5.74, 6) is 0.557. The molecule has 2 aromatic carbocycles. The molecular formula is C32H36BrNO7. The van der Waals surface area contributed by atoms with Crippen LogP contribution in [0.15, 0.2) is 51.1 Å². The van der Waals surface area contributed by atoms with E-state index in [1.165, 1.54) is 0 Å². The number of allylic oxidation sites excluding steroid dienone is 2. The van der Waals surface area contributed by atoms with Gasteiger partial charge in [0.1, 0.15) is 12.0 Å². The van der Waals surface area contributed by atoms with Gasteiger partial charge in [0.05, 0.1) is 32.9 Å². The lowest BCUT2D eigenvalue weighted by atomic mass is 9.69. The number of ether oxygens (including phenoxy) is 5. The summed E-state index contributed by atoms with van der Waals surface area (Å²) in [5, 5.41) is 0. The summed E-state index contributed by atoms with van der Waals surface area (Å²) in [6.45, 7) is 1.86. The van der Waals surface area contributed by atoms with E-state index < -0.39 is 11.8 Å². The third-order valence-corrected chi connectivity index (χ3v) is 9.01. The highest BCUT2D eigenvalue weighted by Gasteiger charge is 2.46. The minimum atomic E-state index is -0.721. The standard InChI is InChI=1S/C32H36BrNO7/c1-17-28(32(36)41-21-8-6-7-9-21)29(20-12-22(33)31(40-5)27(16-20)39-4)30-23(34-17)13-19(14-24(30)35)18-10-11-25(37-2)26(15-18)38-3/h10-12,15-16,19,21,28-29H,6-9,13-14H2,1-5H3/t19-,28?,29-/m0/s1. The molecule has 218 valence electrons. The number of nitrogens with zero attached hydrogens (tertiary/aromatic N) is 1. The number of rotatable bonds is 8. The second kappa shape index (κ2) is 12.3. The van der Waals surface area contributed by atoms with E-state index in [-0.39, 0.29) is 30.2 Å². The van der Waals surface area contributed by atoms with Crippen LogP contribution < -0.4 is 18.9 Å². The molecular weight excluding hydrogens is 590 g/mol. The van der Waals surface area contributed by atoms with Crippen molar-refractivity contribution in [3.63, 3.8) is 0 Å². The van der Waals surface area contributed by atoms with Gasteiger partial charge in [0, 0.05) is 29.3 Å². The lowest BCUT2D eigenvalue weighted by Crippen LogP contribution is -2.39. The molecule has 1 aliphatic heterocycles. The first-order valence-corrected chi connectivity index (χ1v) is 14.7. The number of hydrogen-bond acceptors (Lipinski definition) is 8. The predicted molar refractivity (Wildman–Crippen MR) is 158 cm³/mol. The van der Waals surface area contributed by atoms with Crippen molar-refractivity contribution < 1.29 is 33.3 Å². The smallest absolute Gasteiger partial charge is 0.315 e. The van der Waals surface area contributed by atoms with Gasteiger partial charge in [0.25, 0.3) is 0 Å². The van der Waals surface area contributed by atoms with Crippen molar-refractivity contribution in [2.45, 2.75) is 63.4 Å². The predicted octanol–water partition coefficient (Wildman–Crippen LogP) is 6.54. The number of benzene rings is 2. The molecule has 0 radical (unpaired) electrons. The molecule has 2 aromatic rings. The number of methoxy groups -OCH3 is 4. The first-order chi connectivity index (χ1) is 19.8. The van der Waals surface area contributed by atoms with Crippen LogP contribution >= 0.6 is 15.9 Å². The Morgan fingerprint density at radius 1 is 0.878 bits per heavy atom. The van der Waals surface area contributed by atoms with E-state index in [1.54, 1.807) is 28.4 Å². The first-order valence-electron chi connectivity index (χ1n) is 13.9. The van der Waals surface area contributed by atoms with Crippen LogP contribution in [0.3, 0.4) is 0 Å². The van der Waals surface area contributed by atoms with E-state index in [2.05, 4.69) is 15.9 Å². The van der Waals surface area contributed by atoms with Crippen molar-refractivity contribution in [3.05, 3.63) is 57.2 Å². The van der Waals surface area contributed by atoms with Gasteiger partial charge in [-0.1, -0.05) is 6.07 Å². The lowest BCUT2D eigenvalue weighted by molar-refractivity contribution is -0.151. The van der Waals surface area contributed by atoms with Crippen molar-refractivity contribution in [1.82, 2.24) is 0 Å². The molecule has 1 saturated carbocycles. The van der Waals surface area contributed by atoms with Crippen molar-refractivity contribution >= 4 is 33.4 Å². The van der Waals surface area contributed by atoms with Crippen LogP contribution in [0, 0.1) is 5.92 Å².